The van der Waals surface area contributed by atoms with E-state index in [1.165, 1.54) is 167 Å². The third-order valence-electron chi connectivity index (χ3n) is 11.4. The lowest BCUT2D eigenvalue weighted by Crippen LogP contribution is -2.28. The summed E-state index contributed by atoms with van der Waals surface area (Å²) in [6.45, 7) is 4.83. The Bertz CT molecular complexity index is 1170. The van der Waals surface area contributed by atoms with Crippen molar-refractivity contribution in [2.45, 2.75) is 251 Å². The van der Waals surface area contributed by atoms with E-state index >= 15 is 0 Å². The monoisotopic (exact) mass is 920 g/mol. The molecule has 0 radical (unpaired) electrons. The van der Waals surface area contributed by atoms with E-state index in [4.69, 9.17) is 24.3 Å². The highest BCUT2D eigenvalue weighted by Crippen LogP contribution is 2.43. The maximum Gasteiger partial charge on any atom is 0.472 e. The smallest absolute Gasteiger partial charge is 0.457 e. The van der Waals surface area contributed by atoms with Crippen LogP contribution in [0.5, 0.6) is 0 Å². The molecule has 0 bridgehead atoms. The fourth-order valence-electron chi connectivity index (χ4n) is 7.51. The lowest BCUT2D eigenvalue weighted by atomic mass is 10.0. The molecule has 0 saturated heterocycles. The van der Waals surface area contributed by atoms with Crippen molar-refractivity contribution in [2.24, 2.45) is 5.73 Å². The van der Waals surface area contributed by atoms with Crippen molar-refractivity contribution in [1.29, 1.82) is 0 Å². The second kappa shape index (κ2) is 52.2. The molecule has 2 unspecified atom stereocenters. The predicted octanol–water partition coefficient (Wildman–Crippen LogP) is 16.9. The van der Waals surface area contributed by atoms with Crippen LogP contribution in [-0.2, 0) is 27.9 Å². The van der Waals surface area contributed by atoms with Gasteiger partial charge in [0.1, 0.15) is 6.10 Å². The Kier molecular flexibility index (Phi) is 50.7. The molecular weight excluding hydrogens is 818 g/mol. The van der Waals surface area contributed by atoms with Crippen LogP contribution >= 0.6 is 7.82 Å². The fourth-order valence-corrected chi connectivity index (χ4v) is 8.28. The second-order valence-electron chi connectivity index (χ2n) is 17.7. The number of ether oxygens (including phenoxy) is 2. The Balaban J connectivity index is 3.93. The van der Waals surface area contributed by atoms with Gasteiger partial charge in [-0.2, -0.15) is 0 Å². The largest absolute Gasteiger partial charge is 0.472 e. The first kappa shape index (κ1) is 62.2. The molecule has 0 aromatic heterocycles. The van der Waals surface area contributed by atoms with Gasteiger partial charge in [-0.05, 0) is 77.0 Å². The van der Waals surface area contributed by atoms with Gasteiger partial charge in [0, 0.05) is 19.6 Å². The molecule has 374 valence electrons. The number of rotatable bonds is 51. The molecule has 0 amide bonds. The van der Waals surface area contributed by atoms with Crippen LogP contribution in [0.1, 0.15) is 245 Å². The molecule has 3 N–H and O–H groups in total. The van der Waals surface area contributed by atoms with Gasteiger partial charge in [-0.15, -0.1) is 0 Å². The van der Waals surface area contributed by atoms with E-state index in [0.717, 1.165) is 57.8 Å². The Hall–Kier alpha value is -1.80. The van der Waals surface area contributed by atoms with Gasteiger partial charge in [0.15, 0.2) is 0 Å². The zero-order valence-corrected chi connectivity index (χ0v) is 42.7. The number of unbranched alkanes of at least 4 members (excludes halogenated alkanes) is 28. The molecule has 0 aromatic carbocycles. The van der Waals surface area contributed by atoms with E-state index in [0.29, 0.717) is 13.0 Å². The van der Waals surface area contributed by atoms with Gasteiger partial charge < -0.3 is 20.1 Å². The van der Waals surface area contributed by atoms with E-state index in [1.54, 1.807) is 0 Å². The number of hydrogen-bond acceptors (Lipinski definition) is 7. The van der Waals surface area contributed by atoms with Gasteiger partial charge in [-0.1, -0.05) is 222 Å². The first-order chi connectivity index (χ1) is 31.4. The number of carbonyl (C=O) groups excluding carboxylic acids is 1. The van der Waals surface area contributed by atoms with Gasteiger partial charge in [0.2, 0.25) is 0 Å². The summed E-state index contributed by atoms with van der Waals surface area (Å²) in [4.78, 5) is 22.6. The van der Waals surface area contributed by atoms with Gasteiger partial charge in [0.25, 0.3) is 0 Å². The van der Waals surface area contributed by atoms with Crippen LogP contribution in [0, 0.1) is 0 Å². The topological polar surface area (TPSA) is 117 Å². The minimum absolute atomic E-state index is 0.0979. The van der Waals surface area contributed by atoms with E-state index in [2.05, 4.69) is 74.6 Å². The minimum Gasteiger partial charge on any atom is -0.457 e. The maximum atomic E-state index is 12.7. The number of phosphoric ester groups is 1. The molecule has 0 fully saturated rings. The molecule has 0 rings (SSSR count). The summed E-state index contributed by atoms with van der Waals surface area (Å²) in [5, 5.41) is 0. The van der Waals surface area contributed by atoms with E-state index < -0.39 is 13.9 Å². The summed E-state index contributed by atoms with van der Waals surface area (Å²) in [6, 6.07) is 0. The Labute approximate surface area is 395 Å². The summed E-state index contributed by atoms with van der Waals surface area (Å²) in [5.74, 6) is -0.334. The average Bonchev–Trinajstić information content (AvgIpc) is 3.29. The standard InChI is InChI=1S/C55H102NO7P/c1-3-5-7-9-11-13-15-17-19-21-23-25-27-28-30-32-34-36-38-40-42-44-46-48-55(57)63-54(53-62-64(58,59)61-51-49-56)52-60-50-47-45-43-41-39-37-35-33-31-29-26-24-22-20-18-16-14-12-10-8-6-4-2/h5,7,11,13,17,19,22-25,54H,3-4,6,8-10,12,14-16,18,20-21,26-53,56H2,1-2H3,(H,58,59)/b7-5-,13-11-,19-17-,24-22-,25-23-. The van der Waals surface area contributed by atoms with Crippen molar-refractivity contribution in [3.63, 3.8) is 0 Å². The molecule has 0 aromatic rings. The van der Waals surface area contributed by atoms with Crippen LogP contribution in [0.2, 0.25) is 0 Å². The maximum absolute atomic E-state index is 12.7. The van der Waals surface area contributed by atoms with E-state index in [9.17, 15) is 14.3 Å². The lowest BCUT2D eigenvalue weighted by molar-refractivity contribution is -0.154. The van der Waals surface area contributed by atoms with Crippen LogP contribution in [0.25, 0.3) is 0 Å². The number of carbonyl (C=O) groups is 1. The van der Waals surface area contributed by atoms with Gasteiger partial charge in [-0.3, -0.25) is 13.8 Å². The summed E-state index contributed by atoms with van der Waals surface area (Å²) in [7, 11) is -4.29. The second-order valence-corrected chi connectivity index (χ2v) is 19.2. The first-order valence-electron chi connectivity index (χ1n) is 26.8. The highest BCUT2D eigenvalue weighted by Gasteiger charge is 2.25. The van der Waals surface area contributed by atoms with Crippen LogP contribution in [0.15, 0.2) is 60.8 Å². The average molecular weight is 920 g/mol. The highest BCUT2D eigenvalue weighted by molar-refractivity contribution is 7.47. The molecule has 0 aliphatic heterocycles. The molecule has 8 nitrogen and oxygen atoms in total. The first-order valence-corrected chi connectivity index (χ1v) is 28.3. The molecule has 0 aliphatic rings. The number of hydrogen-bond donors (Lipinski definition) is 2. The summed E-state index contributed by atoms with van der Waals surface area (Å²) < 4.78 is 33.6. The minimum atomic E-state index is -4.29. The third kappa shape index (κ3) is 51.2. The van der Waals surface area contributed by atoms with E-state index in [1.807, 2.05) is 0 Å². The molecular formula is C55H102NO7P. The van der Waals surface area contributed by atoms with Crippen molar-refractivity contribution in [1.82, 2.24) is 0 Å². The lowest BCUT2D eigenvalue weighted by Gasteiger charge is -2.20. The van der Waals surface area contributed by atoms with Crippen molar-refractivity contribution in [2.75, 3.05) is 33.0 Å². The zero-order chi connectivity index (χ0) is 46.5. The Morgan fingerprint density at radius 2 is 0.875 bits per heavy atom. The third-order valence-corrected chi connectivity index (χ3v) is 12.4. The summed E-state index contributed by atoms with van der Waals surface area (Å²) in [5.41, 5.74) is 5.40. The molecule has 0 aliphatic carbocycles. The van der Waals surface area contributed by atoms with Gasteiger partial charge in [0.05, 0.1) is 19.8 Å². The van der Waals surface area contributed by atoms with Crippen molar-refractivity contribution >= 4 is 13.8 Å². The summed E-state index contributed by atoms with van der Waals surface area (Å²) in [6.07, 6.45) is 65.4. The van der Waals surface area contributed by atoms with Gasteiger partial charge in [-0.25, -0.2) is 4.57 Å². The molecule has 9 heteroatoms. The molecule has 2 atom stereocenters. The quantitative estimate of drug-likeness (QED) is 0.0268. The molecule has 64 heavy (non-hydrogen) atoms. The van der Waals surface area contributed by atoms with Crippen molar-refractivity contribution < 1.29 is 32.8 Å². The van der Waals surface area contributed by atoms with E-state index in [-0.39, 0.29) is 32.3 Å². The van der Waals surface area contributed by atoms with Crippen LogP contribution in [0.4, 0.5) is 0 Å². The van der Waals surface area contributed by atoms with Crippen molar-refractivity contribution in [3.8, 4) is 0 Å². The number of phosphoric acid groups is 1. The Morgan fingerprint density at radius 3 is 1.33 bits per heavy atom. The number of esters is 1. The Morgan fingerprint density at radius 1 is 0.484 bits per heavy atom. The predicted molar refractivity (Wildman–Crippen MR) is 275 cm³/mol. The van der Waals surface area contributed by atoms with Crippen LogP contribution in [-0.4, -0.2) is 49.9 Å². The summed E-state index contributed by atoms with van der Waals surface area (Å²) >= 11 is 0. The molecule has 0 heterocycles. The van der Waals surface area contributed by atoms with Crippen LogP contribution in [0.3, 0.4) is 0 Å². The number of allylic oxidation sites excluding steroid dienone is 10. The normalized spacial score (nSPS) is 13.8. The molecule has 0 saturated carbocycles. The highest BCUT2D eigenvalue weighted by atomic mass is 31.2. The van der Waals surface area contributed by atoms with Crippen LogP contribution < -0.4 is 5.73 Å². The SMILES string of the molecule is CC/C=C\C/C=C\C/C=C\C/C=C\CCCCCCCCCCCCC(=O)OC(COCCCCCCCCCCCC/C=C\CCCCCCCCCC)COP(=O)(O)OCCN. The zero-order valence-electron chi connectivity index (χ0n) is 41.8. The number of nitrogens with two attached hydrogens (primary N) is 1. The fraction of sp³-hybridized carbons (Fsp3) is 0.800. The van der Waals surface area contributed by atoms with Gasteiger partial charge >= 0.3 is 13.8 Å². The van der Waals surface area contributed by atoms with Crippen molar-refractivity contribution in [3.05, 3.63) is 60.8 Å². The molecule has 0 spiro atoms.